The molecule has 3 N–H and O–H groups in total. The summed E-state index contributed by atoms with van der Waals surface area (Å²) < 4.78 is 5.88. The molecule has 4 nitrogen and oxygen atoms in total. The van der Waals surface area contributed by atoms with Crippen molar-refractivity contribution in [2.24, 2.45) is 5.73 Å². The molecule has 0 spiro atoms. The maximum atomic E-state index is 10.6. The number of halogens is 1. The third kappa shape index (κ3) is 3.85. The summed E-state index contributed by atoms with van der Waals surface area (Å²) in [6.45, 7) is 0. The van der Waals surface area contributed by atoms with E-state index in [4.69, 9.17) is 27.2 Å². The van der Waals surface area contributed by atoms with Crippen LogP contribution in [0, 0.1) is 0 Å². The predicted octanol–water partition coefficient (Wildman–Crippen LogP) is 3.14. The Labute approximate surface area is 117 Å². The Morgan fingerprint density at radius 2 is 2.26 bits per heavy atom. The second-order valence-corrected chi connectivity index (χ2v) is 5.33. The summed E-state index contributed by atoms with van der Waals surface area (Å²) in [4.78, 5) is 10.6. The zero-order valence-corrected chi connectivity index (χ0v) is 11.4. The van der Waals surface area contributed by atoms with Gasteiger partial charge >= 0.3 is 5.97 Å². The molecule has 0 bridgehead atoms. The largest absolute Gasteiger partial charge is 0.490 e. The van der Waals surface area contributed by atoms with Gasteiger partial charge in [-0.2, -0.15) is 0 Å². The number of carboxylic acid groups (broad SMARTS) is 1. The molecule has 1 aliphatic carbocycles. The van der Waals surface area contributed by atoms with Crippen LogP contribution in [0.2, 0.25) is 5.02 Å². The van der Waals surface area contributed by atoms with Gasteiger partial charge in [-0.1, -0.05) is 11.6 Å². The Balaban J connectivity index is 2.10. The van der Waals surface area contributed by atoms with Gasteiger partial charge in [-0.25, -0.2) is 0 Å². The first kappa shape index (κ1) is 14.2. The van der Waals surface area contributed by atoms with Gasteiger partial charge in [-0.15, -0.1) is 0 Å². The number of nitrogens with two attached hydrogens (primary N) is 1. The molecule has 5 heteroatoms. The average molecular weight is 284 g/mol. The molecule has 0 aromatic heterocycles. The van der Waals surface area contributed by atoms with Crippen molar-refractivity contribution in [3.63, 3.8) is 0 Å². The van der Waals surface area contributed by atoms with Gasteiger partial charge in [0.05, 0.1) is 6.10 Å². The molecule has 2 rings (SSSR count). The Morgan fingerprint density at radius 1 is 1.53 bits per heavy atom. The van der Waals surface area contributed by atoms with Crippen molar-refractivity contribution in [1.29, 1.82) is 0 Å². The van der Waals surface area contributed by atoms with E-state index in [-0.39, 0.29) is 18.6 Å². The molecule has 0 aliphatic heterocycles. The monoisotopic (exact) mass is 283 g/mol. The normalized spacial score (nSPS) is 16.7. The van der Waals surface area contributed by atoms with Crippen LogP contribution < -0.4 is 10.5 Å². The van der Waals surface area contributed by atoms with E-state index in [9.17, 15) is 4.79 Å². The van der Waals surface area contributed by atoms with E-state index < -0.39 is 5.97 Å². The van der Waals surface area contributed by atoms with Crippen LogP contribution in [0.5, 0.6) is 5.75 Å². The first-order valence-corrected chi connectivity index (χ1v) is 6.87. The lowest BCUT2D eigenvalue weighted by molar-refractivity contribution is -0.137. The molecule has 0 heterocycles. The Hall–Kier alpha value is -1.26. The summed E-state index contributed by atoms with van der Waals surface area (Å²) in [6.07, 6.45) is 3.98. The van der Waals surface area contributed by atoms with Crippen LogP contribution in [0.3, 0.4) is 0 Å². The smallest absolute Gasteiger partial charge is 0.303 e. The van der Waals surface area contributed by atoms with Crippen molar-refractivity contribution in [2.45, 2.75) is 44.2 Å². The molecule has 104 valence electrons. The number of hydrogen-bond donors (Lipinski definition) is 2. The van der Waals surface area contributed by atoms with Gasteiger partial charge in [0, 0.05) is 23.0 Å². The van der Waals surface area contributed by atoms with Crippen LogP contribution in [0.4, 0.5) is 0 Å². The lowest BCUT2D eigenvalue weighted by atomic mass is 9.95. The van der Waals surface area contributed by atoms with E-state index in [0.29, 0.717) is 11.4 Å². The molecular weight excluding hydrogens is 266 g/mol. The average Bonchev–Trinajstić information content (AvgIpc) is 2.32. The molecular formula is C14H18ClNO3. The molecule has 0 radical (unpaired) electrons. The summed E-state index contributed by atoms with van der Waals surface area (Å²) in [5, 5.41) is 9.30. The topological polar surface area (TPSA) is 72.6 Å². The minimum atomic E-state index is -0.848. The van der Waals surface area contributed by atoms with Gasteiger partial charge in [0.25, 0.3) is 0 Å². The van der Waals surface area contributed by atoms with E-state index in [1.165, 1.54) is 6.42 Å². The highest BCUT2D eigenvalue weighted by Crippen LogP contribution is 2.33. The first-order chi connectivity index (χ1) is 9.06. The molecule has 19 heavy (non-hydrogen) atoms. The highest BCUT2D eigenvalue weighted by molar-refractivity contribution is 6.30. The fraction of sp³-hybridized carbons (Fsp3) is 0.500. The van der Waals surface area contributed by atoms with Crippen molar-refractivity contribution in [3.05, 3.63) is 28.8 Å². The fourth-order valence-corrected chi connectivity index (χ4v) is 2.20. The SMILES string of the molecule is NC(CCC(=O)O)c1cc(Cl)ccc1OC1CCC1. The summed E-state index contributed by atoms with van der Waals surface area (Å²) in [5.41, 5.74) is 6.84. The molecule has 1 unspecified atom stereocenters. The van der Waals surface area contributed by atoms with Crippen molar-refractivity contribution >= 4 is 17.6 Å². The minimum Gasteiger partial charge on any atom is -0.490 e. The number of benzene rings is 1. The standard InChI is InChI=1S/C14H18ClNO3/c15-9-4-6-13(19-10-2-1-3-10)11(8-9)12(16)5-7-14(17)18/h4,6,8,10,12H,1-3,5,7,16H2,(H,17,18). The van der Waals surface area contributed by atoms with Crippen molar-refractivity contribution in [3.8, 4) is 5.75 Å². The Kier molecular flexibility index (Phi) is 4.66. The summed E-state index contributed by atoms with van der Waals surface area (Å²) in [7, 11) is 0. The third-order valence-electron chi connectivity index (χ3n) is 3.39. The van der Waals surface area contributed by atoms with Crippen LogP contribution in [0.15, 0.2) is 18.2 Å². The molecule has 1 aromatic carbocycles. The number of ether oxygens (including phenoxy) is 1. The highest BCUT2D eigenvalue weighted by Gasteiger charge is 2.22. The van der Waals surface area contributed by atoms with Gasteiger partial charge in [0.15, 0.2) is 0 Å². The van der Waals surface area contributed by atoms with Crippen LogP contribution in [0.25, 0.3) is 0 Å². The first-order valence-electron chi connectivity index (χ1n) is 6.49. The number of carboxylic acids is 1. The summed E-state index contributed by atoms with van der Waals surface area (Å²) in [6, 6.07) is 4.98. The second-order valence-electron chi connectivity index (χ2n) is 4.89. The molecule has 0 saturated heterocycles. The second kappa shape index (κ2) is 6.26. The molecule has 1 atom stereocenters. The Morgan fingerprint density at radius 3 is 2.84 bits per heavy atom. The molecule has 1 aromatic rings. The minimum absolute atomic E-state index is 0.0382. The van der Waals surface area contributed by atoms with Gasteiger partial charge in [0.2, 0.25) is 0 Å². The zero-order valence-electron chi connectivity index (χ0n) is 10.6. The van der Waals surface area contributed by atoms with Gasteiger partial charge in [-0.3, -0.25) is 4.79 Å². The van der Waals surface area contributed by atoms with Gasteiger partial charge in [0.1, 0.15) is 5.75 Å². The van der Waals surface area contributed by atoms with E-state index >= 15 is 0 Å². The van der Waals surface area contributed by atoms with Crippen LogP contribution in [-0.2, 0) is 4.79 Å². The number of carbonyl (C=O) groups is 1. The van der Waals surface area contributed by atoms with Crippen LogP contribution in [0.1, 0.15) is 43.7 Å². The van der Waals surface area contributed by atoms with Crippen molar-refractivity contribution in [2.75, 3.05) is 0 Å². The quantitative estimate of drug-likeness (QED) is 0.841. The maximum absolute atomic E-state index is 10.6. The van der Waals surface area contributed by atoms with Crippen molar-refractivity contribution in [1.82, 2.24) is 0 Å². The van der Waals surface area contributed by atoms with E-state index in [2.05, 4.69) is 0 Å². The molecule has 1 aliphatic rings. The summed E-state index contributed by atoms with van der Waals surface area (Å²) in [5.74, 6) is -0.120. The molecule has 1 saturated carbocycles. The lowest BCUT2D eigenvalue weighted by Gasteiger charge is -2.28. The van der Waals surface area contributed by atoms with Gasteiger partial charge in [-0.05, 0) is 43.9 Å². The number of rotatable bonds is 6. The summed E-state index contributed by atoms with van der Waals surface area (Å²) >= 11 is 5.98. The third-order valence-corrected chi connectivity index (χ3v) is 3.62. The van der Waals surface area contributed by atoms with E-state index in [0.717, 1.165) is 24.2 Å². The fourth-order valence-electron chi connectivity index (χ4n) is 2.02. The Bertz CT molecular complexity index is 460. The zero-order chi connectivity index (χ0) is 13.8. The highest BCUT2D eigenvalue weighted by atomic mass is 35.5. The molecule has 0 amide bonds. The van der Waals surface area contributed by atoms with Crippen LogP contribution >= 0.6 is 11.6 Å². The number of hydrogen-bond acceptors (Lipinski definition) is 3. The maximum Gasteiger partial charge on any atom is 0.303 e. The van der Waals surface area contributed by atoms with E-state index in [1.807, 2.05) is 6.07 Å². The number of aliphatic carboxylic acids is 1. The van der Waals surface area contributed by atoms with Crippen molar-refractivity contribution < 1.29 is 14.6 Å². The van der Waals surface area contributed by atoms with Gasteiger partial charge < -0.3 is 15.6 Å². The van der Waals surface area contributed by atoms with Crippen LogP contribution in [-0.4, -0.2) is 17.2 Å². The lowest BCUT2D eigenvalue weighted by Crippen LogP contribution is -2.26. The predicted molar refractivity (Wildman–Crippen MR) is 73.5 cm³/mol. The van der Waals surface area contributed by atoms with E-state index in [1.54, 1.807) is 12.1 Å². The molecule has 1 fully saturated rings.